The molecule has 1 N–H and O–H groups in total. The Morgan fingerprint density at radius 3 is 2.57 bits per heavy atom. The molecule has 0 bridgehead atoms. The van der Waals surface area contributed by atoms with Crippen molar-refractivity contribution in [2.24, 2.45) is 11.8 Å². The van der Waals surface area contributed by atoms with E-state index in [0.717, 1.165) is 26.2 Å². The second-order valence-electron chi connectivity index (χ2n) is 4.45. The first-order valence-corrected chi connectivity index (χ1v) is 5.10. The highest BCUT2D eigenvalue weighted by molar-refractivity contribution is 5.70. The molecular weight excluding hydrogens is 180 g/mol. The fourth-order valence-electron chi connectivity index (χ4n) is 1.65. The summed E-state index contributed by atoms with van der Waals surface area (Å²) >= 11 is 0. The van der Waals surface area contributed by atoms with Gasteiger partial charge in [-0.05, 0) is 20.0 Å². The molecule has 1 aliphatic rings. The number of aliphatic carboxylic acids is 1. The van der Waals surface area contributed by atoms with Gasteiger partial charge in [-0.3, -0.25) is 4.79 Å². The summed E-state index contributed by atoms with van der Waals surface area (Å²) in [5.41, 5.74) is 0. The van der Waals surface area contributed by atoms with Gasteiger partial charge in [0, 0.05) is 26.2 Å². The molecule has 4 heteroatoms. The van der Waals surface area contributed by atoms with Crippen LogP contribution in [0, 0.1) is 11.8 Å². The molecule has 0 saturated carbocycles. The lowest BCUT2D eigenvalue weighted by molar-refractivity contribution is -0.145. The van der Waals surface area contributed by atoms with Gasteiger partial charge in [0.05, 0.1) is 5.92 Å². The number of carbonyl (C=O) groups is 1. The molecule has 1 atom stereocenters. The van der Waals surface area contributed by atoms with Gasteiger partial charge in [-0.2, -0.15) is 0 Å². The maximum atomic E-state index is 10.7. The zero-order valence-electron chi connectivity index (χ0n) is 9.23. The van der Waals surface area contributed by atoms with Crippen molar-refractivity contribution in [1.29, 1.82) is 0 Å². The number of likely N-dealkylation sites (tertiary alicyclic amines) is 1. The molecule has 0 aromatic heterocycles. The zero-order chi connectivity index (χ0) is 10.7. The first kappa shape index (κ1) is 11.5. The molecule has 0 aromatic carbocycles. The van der Waals surface area contributed by atoms with E-state index in [0.29, 0.717) is 5.92 Å². The van der Waals surface area contributed by atoms with Crippen molar-refractivity contribution < 1.29 is 9.90 Å². The monoisotopic (exact) mass is 200 g/mol. The lowest BCUT2D eigenvalue weighted by atomic mass is 9.87. The van der Waals surface area contributed by atoms with Crippen LogP contribution in [-0.2, 0) is 4.79 Å². The van der Waals surface area contributed by atoms with E-state index in [9.17, 15) is 4.79 Å². The quantitative estimate of drug-likeness (QED) is 0.688. The smallest absolute Gasteiger partial charge is 0.306 e. The van der Waals surface area contributed by atoms with Gasteiger partial charge < -0.3 is 14.9 Å². The van der Waals surface area contributed by atoms with Crippen molar-refractivity contribution in [2.45, 2.75) is 6.92 Å². The average molecular weight is 200 g/mol. The normalized spacial score (nSPS) is 20.9. The van der Waals surface area contributed by atoms with Crippen molar-refractivity contribution in [2.75, 3.05) is 40.3 Å². The Kier molecular flexibility index (Phi) is 3.89. The summed E-state index contributed by atoms with van der Waals surface area (Å²) in [6, 6.07) is 0. The first-order valence-electron chi connectivity index (χ1n) is 5.10. The minimum atomic E-state index is -0.665. The standard InChI is InChI=1S/C10H20N2O2/c1-8(10(13)14)9-6-12(7-9)5-4-11(2)3/h8-9H,4-7H2,1-3H3,(H,13,14). The summed E-state index contributed by atoms with van der Waals surface area (Å²) in [6.45, 7) is 5.79. The second-order valence-corrected chi connectivity index (χ2v) is 4.45. The fraction of sp³-hybridized carbons (Fsp3) is 0.900. The van der Waals surface area contributed by atoms with Gasteiger partial charge in [0.25, 0.3) is 0 Å². The molecule has 0 aliphatic carbocycles. The summed E-state index contributed by atoms with van der Waals surface area (Å²) in [6.07, 6.45) is 0. The van der Waals surface area contributed by atoms with Crippen LogP contribution in [0.15, 0.2) is 0 Å². The van der Waals surface area contributed by atoms with E-state index in [-0.39, 0.29) is 5.92 Å². The highest BCUT2D eigenvalue weighted by Crippen LogP contribution is 2.23. The van der Waals surface area contributed by atoms with Crippen LogP contribution >= 0.6 is 0 Å². The fourth-order valence-corrected chi connectivity index (χ4v) is 1.65. The van der Waals surface area contributed by atoms with Crippen LogP contribution in [0.3, 0.4) is 0 Å². The van der Waals surface area contributed by atoms with Crippen LogP contribution in [0.2, 0.25) is 0 Å². The van der Waals surface area contributed by atoms with Gasteiger partial charge in [-0.25, -0.2) is 0 Å². The predicted molar refractivity (Wildman–Crippen MR) is 55.3 cm³/mol. The molecule has 1 fully saturated rings. The summed E-state index contributed by atoms with van der Waals surface area (Å²) < 4.78 is 0. The zero-order valence-corrected chi connectivity index (χ0v) is 9.23. The highest BCUT2D eigenvalue weighted by Gasteiger charge is 2.33. The average Bonchev–Trinajstić information content (AvgIpc) is 2.00. The van der Waals surface area contributed by atoms with Gasteiger partial charge in [-0.1, -0.05) is 6.92 Å². The molecule has 4 nitrogen and oxygen atoms in total. The molecule has 1 aliphatic heterocycles. The third kappa shape index (κ3) is 2.96. The van der Waals surface area contributed by atoms with E-state index in [2.05, 4.69) is 23.9 Å². The molecule has 0 aromatic rings. The van der Waals surface area contributed by atoms with Crippen molar-refractivity contribution in [3.63, 3.8) is 0 Å². The summed E-state index contributed by atoms with van der Waals surface area (Å²) in [7, 11) is 4.11. The minimum absolute atomic E-state index is 0.189. The van der Waals surface area contributed by atoms with Gasteiger partial charge in [0.15, 0.2) is 0 Å². The molecule has 1 heterocycles. The lowest BCUT2D eigenvalue weighted by Crippen LogP contribution is -2.52. The van der Waals surface area contributed by atoms with Crippen LogP contribution in [-0.4, -0.2) is 61.2 Å². The van der Waals surface area contributed by atoms with E-state index in [1.54, 1.807) is 6.92 Å². The summed E-state index contributed by atoms with van der Waals surface area (Å²) in [4.78, 5) is 15.1. The molecule has 1 saturated heterocycles. The summed E-state index contributed by atoms with van der Waals surface area (Å²) in [5, 5.41) is 8.80. The van der Waals surface area contributed by atoms with Gasteiger partial charge in [-0.15, -0.1) is 0 Å². The van der Waals surface area contributed by atoms with Gasteiger partial charge in [0.1, 0.15) is 0 Å². The van der Waals surface area contributed by atoms with Crippen molar-refractivity contribution in [3.8, 4) is 0 Å². The number of carboxylic acid groups (broad SMARTS) is 1. The molecule has 1 rings (SSSR count). The Labute approximate surface area is 85.5 Å². The maximum absolute atomic E-state index is 10.7. The van der Waals surface area contributed by atoms with Crippen LogP contribution in [0.1, 0.15) is 6.92 Å². The maximum Gasteiger partial charge on any atom is 0.306 e. The lowest BCUT2D eigenvalue weighted by Gasteiger charge is -2.41. The number of likely N-dealkylation sites (N-methyl/N-ethyl adjacent to an activating group) is 1. The third-order valence-corrected chi connectivity index (χ3v) is 2.95. The predicted octanol–water partition coefficient (Wildman–Crippen LogP) is 0.201. The third-order valence-electron chi connectivity index (χ3n) is 2.95. The minimum Gasteiger partial charge on any atom is -0.481 e. The SMILES string of the molecule is CC(C(=O)O)C1CN(CCN(C)C)C1. The van der Waals surface area contributed by atoms with E-state index in [1.807, 2.05) is 0 Å². The van der Waals surface area contributed by atoms with Crippen molar-refractivity contribution in [1.82, 2.24) is 9.80 Å². The van der Waals surface area contributed by atoms with E-state index >= 15 is 0 Å². The number of hydrogen-bond acceptors (Lipinski definition) is 3. The molecule has 0 spiro atoms. The van der Waals surface area contributed by atoms with E-state index in [1.165, 1.54) is 0 Å². The van der Waals surface area contributed by atoms with Crippen LogP contribution in [0.4, 0.5) is 0 Å². The highest BCUT2D eigenvalue weighted by atomic mass is 16.4. The number of nitrogens with zero attached hydrogens (tertiary/aromatic N) is 2. The summed E-state index contributed by atoms with van der Waals surface area (Å²) in [5.74, 6) is -0.498. The number of carboxylic acids is 1. The Balaban J connectivity index is 2.14. The molecule has 0 radical (unpaired) electrons. The Hall–Kier alpha value is -0.610. The topological polar surface area (TPSA) is 43.8 Å². The Morgan fingerprint density at radius 1 is 1.57 bits per heavy atom. The van der Waals surface area contributed by atoms with Crippen LogP contribution in [0.5, 0.6) is 0 Å². The van der Waals surface area contributed by atoms with Crippen molar-refractivity contribution >= 4 is 5.97 Å². The van der Waals surface area contributed by atoms with Crippen molar-refractivity contribution in [3.05, 3.63) is 0 Å². The molecule has 82 valence electrons. The van der Waals surface area contributed by atoms with E-state index in [4.69, 9.17) is 5.11 Å². The number of hydrogen-bond donors (Lipinski definition) is 1. The Bertz CT molecular complexity index is 200. The molecule has 14 heavy (non-hydrogen) atoms. The number of rotatable bonds is 5. The molecule has 1 unspecified atom stereocenters. The van der Waals surface area contributed by atoms with Gasteiger partial charge in [0.2, 0.25) is 0 Å². The second kappa shape index (κ2) is 4.75. The first-order chi connectivity index (χ1) is 6.50. The van der Waals surface area contributed by atoms with Gasteiger partial charge >= 0.3 is 5.97 Å². The van der Waals surface area contributed by atoms with E-state index < -0.39 is 5.97 Å². The molecule has 0 amide bonds. The van der Waals surface area contributed by atoms with Crippen LogP contribution in [0.25, 0.3) is 0 Å². The molecular formula is C10H20N2O2. The Morgan fingerprint density at radius 2 is 2.14 bits per heavy atom. The van der Waals surface area contributed by atoms with Crippen LogP contribution < -0.4 is 0 Å². The largest absolute Gasteiger partial charge is 0.481 e.